The fourth-order valence-electron chi connectivity index (χ4n) is 2.67. The van der Waals surface area contributed by atoms with Gasteiger partial charge in [0.1, 0.15) is 0 Å². The number of benzene rings is 1. The third-order valence-corrected chi connectivity index (χ3v) is 4.88. The molecule has 1 saturated heterocycles. The van der Waals surface area contributed by atoms with Gasteiger partial charge in [0.25, 0.3) is 5.91 Å². The van der Waals surface area contributed by atoms with E-state index in [-0.39, 0.29) is 11.9 Å². The quantitative estimate of drug-likeness (QED) is 0.789. The van der Waals surface area contributed by atoms with Gasteiger partial charge >= 0.3 is 0 Å². The third kappa shape index (κ3) is 2.30. The second kappa shape index (κ2) is 5.23. The van der Waals surface area contributed by atoms with E-state index in [1.54, 1.807) is 28.4 Å². The van der Waals surface area contributed by atoms with Gasteiger partial charge in [-0.05, 0) is 30.7 Å². The van der Waals surface area contributed by atoms with Crippen LogP contribution in [0, 0.1) is 0 Å². The van der Waals surface area contributed by atoms with Crippen LogP contribution in [0.1, 0.15) is 17.0 Å². The molecular weight excluding hydrogens is 298 g/mol. The number of aromatic nitrogens is 1. The van der Waals surface area contributed by atoms with Crippen molar-refractivity contribution in [2.24, 2.45) is 5.73 Å². The maximum absolute atomic E-state index is 12.4. The van der Waals surface area contributed by atoms with Gasteiger partial charge in [0.15, 0.2) is 16.5 Å². The van der Waals surface area contributed by atoms with Crippen LogP contribution < -0.4 is 5.73 Å². The highest BCUT2D eigenvalue weighted by molar-refractivity contribution is 7.21. The maximum atomic E-state index is 12.4. The Hall–Kier alpha value is -2.18. The molecule has 0 spiro atoms. The number of para-hydroxylation sites is 1. The lowest BCUT2D eigenvalue weighted by atomic mass is 10.3. The molecule has 6 heteroatoms. The fraction of sp³-hybridized carbons (Fsp3) is 0.250. The number of rotatable bonds is 2. The highest BCUT2D eigenvalue weighted by atomic mass is 32.1. The van der Waals surface area contributed by atoms with Crippen LogP contribution in [-0.4, -0.2) is 34.9 Å². The molecule has 4 rings (SSSR count). The molecule has 112 valence electrons. The molecule has 3 aromatic rings. The molecule has 0 radical (unpaired) electrons. The van der Waals surface area contributed by atoms with Crippen molar-refractivity contribution >= 4 is 27.5 Å². The van der Waals surface area contributed by atoms with Crippen LogP contribution in [0.15, 0.2) is 40.8 Å². The molecule has 1 amide bonds. The lowest BCUT2D eigenvalue weighted by Gasteiger charge is -2.13. The number of nitrogens with zero attached hydrogens (tertiary/aromatic N) is 2. The summed E-state index contributed by atoms with van der Waals surface area (Å²) in [5, 5.41) is 0.790. The van der Waals surface area contributed by atoms with E-state index in [9.17, 15) is 4.79 Å². The molecule has 0 bridgehead atoms. The van der Waals surface area contributed by atoms with Crippen LogP contribution in [0.5, 0.6) is 0 Å². The van der Waals surface area contributed by atoms with E-state index in [0.717, 1.165) is 21.6 Å². The highest BCUT2D eigenvalue weighted by Gasteiger charge is 2.26. The summed E-state index contributed by atoms with van der Waals surface area (Å²) in [5.74, 6) is 0.886. The number of hydrogen-bond acceptors (Lipinski definition) is 5. The minimum absolute atomic E-state index is 0.0719. The van der Waals surface area contributed by atoms with Crippen LogP contribution in [-0.2, 0) is 0 Å². The van der Waals surface area contributed by atoms with Crippen LogP contribution in [0.25, 0.3) is 21.0 Å². The van der Waals surface area contributed by atoms with Crippen molar-refractivity contribution in [2.75, 3.05) is 13.1 Å². The fourth-order valence-corrected chi connectivity index (χ4v) is 3.60. The Morgan fingerprint density at radius 1 is 1.32 bits per heavy atom. The molecule has 0 aliphatic carbocycles. The summed E-state index contributed by atoms with van der Waals surface area (Å²) in [6, 6.07) is 11.5. The predicted molar refractivity (Wildman–Crippen MR) is 85.8 cm³/mol. The van der Waals surface area contributed by atoms with Gasteiger partial charge in [-0.1, -0.05) is 12.1 Å². The zero-order valence-electron chi connectivity index (χ0n) is 11.9. The molecule has 0 saturated carbocycles. The largest absolute Gasteiger partial charge is 0.448 e. The molecule has 3 heterocycles. The molecule has 0 unspecified atom stereocenters. The standard InChI is InChI=1S/C16H15N3O2S/c17-10-7-8-19(9-10)16(20)13-6-5-12(21-13)15-18-11-3-1-2-4-14(11)22-15/h1-6,10H,7-9,17H2/t10-/m1/s1. The van der Waals surface area contributed by atoms with E-state index in [1.165, 1.54) is 0 Å². The van der Waals surface area contributed by atoms with E-state index >= 15 is 0 Å². The zero-order chi connectivity index (χ0) is 15.1. The van der Waals surface area contributed by atoms with Gasteiger partial charge in [-0.3, -0.25) is 4.79 Å². The van der Waals surface area contributed by atoms with Crippen molar-refractivity contribution in [3.63, 3.8) is 0 Å². The molecular formula is C16H15N3O2S. The van der Waals surface area contributed by atoms with Gasteiger partial charge < -0.3 is 15.1 Å². The highest BCUT2D eigenvalue weighted by Crippen LogP contribution is 2.31. The molecule has 1 aromatic carbocycles. The second-order valence-corrected chi connectivity index (χ2v) is 6.48. The Morgan fingerprint density at radius 3 is 2.95 bits per heavy atom. The summed E-state index contributed by atoms with van der Waals surface area (Å²) >= 11 is 1.56. The number of hydrogen-bond donors (Lipinski definition) is 1. The van der Waals surface area contributed by atoms with Gasteiger partial charge in [0.05, 0.1) is 10.2 Å². The molecule has 1 aliphatic rings. The number of furan rings is 1. The van der Waals surface area contributed by atoms with E-state index in [2.05, 4.69) is 4.98 Å². The van der Waals surface area contributed by atoms with Gasteiger partial charge in [0, 0.05) is 19.1 Å². The van der Waals surface area contributed by atoms with E-state index in [0.29, 0.717) is 24.6 Å². The third-order valence-electron chi connectivity index (χ3n) is 3.83. The number of carbonyl (C=O) groups is 1. The lowest BCUT2D eigenvalue weighted by molar-refractivity contribution is 0.0760. The van der Waals surface area contributed by atoms with Crippen molar-refractivity contribution in [1.29, 1.82) is 0 Å². The van der Waals surface area contributed by atoms with Gasteiger partial charge in [-0.2, -0.15) is 0 Å². The molecule has 22 heavy (non-hydrogen) atoms. The van der Waals surface area contributed by atoms with Gasteiger partial charge in [-0.15, -0.1) is 11.3 Å². The van der Waals surface area contributed by atoms with Crippen LogP contribution >= 0.6 is 11.3 Å². The zero-order valence-corrected chi connectivity index (χ0v) is 12.7. The number of thiazole rings is 1. The minimum Gasteiger partial charge on any atom is -0.448 e. The summed E-state index contributed by atoms with van der Waals surface area (Å²) in [6.07, 6.45) is 0.844. The van der Waals surface area contributed by atoms with Gasteiger partial charge in [0.2, 0.25) is 0 Å². The number of carbonyl (C=O) groups excluding carboxylic acids is 1. The summed E-state index contributed by atoms with van der Waals surface area (Å²) in [4.78, 5) is 18.7. The first kappa shape index (κ1) is 13.5. The average Bonchev–Trinajstić information content (AvgIpc) is 3.24. The molecule has 1 aliphatic heterocycles. The van der Waals surface area contributed by atoms with E-state index in [4.69, 9.17) is 10.2 Å². The first-order valence-electron chi connectivity index (χ1n) is 7.21. The minimum atomic E-state index is -0.0969. The summed E-state index contributed by atoms with van der Waals surface area (Å²) in [6.45, 7) is 1.28. The number of nitrogens with two attached hydrogens (primary N) is 1. The van der Waals surface area contributed by atoms with Crippen LogP contribution in [0.3, 0.4) is 0 Å². The van der Waals surface area contributed by atoms with Gasteiger partial charge in [-0.25, -0.2) is 4.98 Å². The van der Waals surface area contributed by atoms with Crippen molar-refractivity contribution in [1.82, 2.24) is 9.88 Å². The van der Waals surface area contributed by atoms with E-state index in [1.807, 2.05) is 24.3 Å². The number of amides is 1. The number of fused-ring (bicyclic) bond motifs is 1. The van der Waals surface area contributed by atoms with Crippen molar-refractivity contribution in [3.8, 4) is 10.8 Å². The molecule has 5 nitrogen and oxygen atoms in total. The molecule has 2 aromatic heterocycles. The normalized spacial score (nSPS) is 18.2. The van der Waals surface area contributed by atoms with Crippen LogP contribution in [0.2, 0.25) is 0 Å². The Kier molecular flexibility index (Phi) is 3.20. The molecule has 1 fully saturated rings. The second-order valence-electron chi connectivity index (χ2n) is 5.45. The Labute approximate surface area is 131 Å². The number of likely N-dealkylation sites (tertiary alicyclic amines) is 1. The maximum Gasteiger partial charge on any atom is 0.289 e. The first-order chi connectivity index (χ1) is 10.7. The molecule has 2 N–H and O–H groups in total. The van der Waals surface area contributed by atoms with Crippen molar-refractivity contribution in [2.45, 2.75) is 12.5 Å². The van der Waals surface area contributed by atoms with Crippen molar-refractivity contribution < 1.29 is 9.21 Å². The summed E-state index contributed by atoms with van der Waals surface area (Å²) in [7, 11) is 0. The summed E-state index contributed by atoms with van der Waals surface area (Å²) < 4.78 is 6.83. The Bertz CT molecular complexity index is 806. The smallest absolute Gasteiger partial charge is 0.289 e. The topological polar surface area (TPSA) is 72.4 Å². The Morgan fingerprint density at radius 2 is 2.18 bits per heavy atom. The predicted octanol–water partition coefficient (Wildman–Crippen LogP) is 2.73. The Balaban J connectivity index is 1.62. The SMILES string of the molecule is N[C@@H]1CCN(C(=O)c2ccc(-c3nc4ccccc4s3)o2)C1. The average molecular weight is 313 g/mol. The lowest BCUT2D eigenvalue weighted by Crippen LogP contribution is -2.31. The van der Waals surface area contributed by atoms with Crippen LogP contribution in [0.4, 0.5) is 0 Å². The first-order valence-corrected chi connectivity index (χ1v) is 8.03. The monoisotopic (exact) mass is 313 g/mol. The van der Waals surface area contributed by atoms with Crippen molar-refractivity contribution in [3.05, 3.63) is 42.2 Å². The summed E-state index contributed by atoms with van der Waals surface area (Å²) in [5.41, 5.74) is 6.79. The van der Waals surface area contributed by atoms with E-state index < -0.39 is 0 Å². The molecule has 1 atom stereocenters.